The van der Waals surface area contributed by atoms with Crippen LogP contribution in [0.4, 0.5) is 5.69 Å². The van der Waals surface area contributed by atoms with Gasteiger partial charge < -0.3 is 34.7 Å². The summed E-state index contributed by atoms with van der Waals surface area (Å²) in [7, 11) is 6.46. The van der Waals surface area contributed by atoms with Gasteiger partial charge in [-0.1, -0.05) is 6.07 Å². The summed E-state index contributed by atoms with van der Waals surface area (Å²) in [5, 5.41) is 3.03. The first-order valence-electron chi connectivity index (χ1n) is 11.8. The summed E-state index contributed by atoms with van der Waals surface area (Å²) < 4.78 is 21.9. The lowest BCUT2D eigenvalue weighted by molar-refractivity contribution is -0.117. The van der Waals surface area contributed by atoms with Crippen molar-refractivity contribution < 1.29 is 29.2 Å². The summed E-state index contributed by atoms with van der Waals surface area (Å²) in [6.07, 6.45) is 3.44. The molecule has 2 aromatic carbocycles. The largest absolute Gasteiger partial charge is 0.497 e. The number of carbonyl (C=O) groups is 1. The molecule has 224 valence electrons. The van der Waals surface area contributed by atoms with Gasteiger partial charge >= 0.3 is 0 Å². The monoisotopic (exact) mass is 621 g/mol. The van der Waals surface area contributed by atoms with E-state index in [2.05, 4.69) is 25.1 Å². The third-order valence-electron chi connectivity index (χ3n) is 6.27. The molecular formula is C26H38Cl3N5O6. The standard InChI is InChI=1S/C26H33N5O5.3ClH.H2O/c1-33-19-6-7-20(26-27-9-10-28-26)21(15-19)29-23(32)17-31-13-11-30(12-14-31)16-18-5-8-22(34-2)25(36-4)24(18)35-3;;;;/h5-10,15H,11-14,16-17H2,1-4H3,(H,27,28)(H,29,32);3*1H;1H2. The van der Waals surface area contributed by atoms with Crippen LogP contribution in [0.15, 0.2) is 42.7 Å². The van der Waals surface area contributed by atoms with Crippen LogP contribution in [0, 0.1) is 0 Å². The number of aromatic nitrogens is 2. The average Bonchev–Trinajstić information content (AvgIpc) is 3.44. The van der Waals surface area contributed by atoms with Gasteiger partial charge in [0.1, 0.15) is 11.6 Å². The number of ether oxygens (including phenoxy) is 4. The highest BCUT2D eigenvalue weighted by atomic mass is 35.5. The van der Waals surface area contributed by atoms with Crippen molar-refractivity contribution in [1.82, 2.24) is 19.8 Å². The van der Waals surface area contributed by atoms with E-state index >= 15 is 0 Å². The molecular weight excluding hydrogens is 585 g/mol. The second-order valence-electron chi connectivity index (χ2n) is 8.44. The second-order valence-corrected chi connectivity index (χ2v) is 8.44. The zero-order chi connectivity index (χ0) is 25.5. The van der Waals surface area contributed by atoms with Crippen LogP contribution in [0.2, 0.25) is 0 Å². The summed E-state index contributed by atoms with van der Waals surface area (Å²) in [6.45, 7) is 4.27. The molecule has 1 saturated heterocycles. The molecule has 11 nitrogen and oxygen atoms in total. The summed E-state index contributed by atoms with van der Waals surface area (Å²) in [5.74, 6) is 3.20. The quantitative estimate of drug-likeness (QED) is 0.352. The molecule has 0 radical (unpaired) electrons. The first-order chi connectivity index (χ1) is 17.6. The van der Waals surface area contributed by atoms with Crippen molar-refractivity contribution in [2.75, 3.05) is 66.5 Å². The Hall–Kier alpha value is -2.93. The Balaban J connectivity index is 0.00000380. The summed E-state index contributed by atoms with van der Waals surface area (Å²) >= 11 is 0. The summed E-state index contributed by atoms with van der Waals surface area (Å²) in [6, 6.07) is 9.44. The van der Waals surface area contributed by atoms with Crippen molar-refractivity contribution in [3.05, 3.63) is 48.3 Å². The van der Waals surface area contributed by atoms with Crippen molar-refractivity contribution in [3.8, 4) is 34.4 Å². The Morgan fingerprint density at radius 2 is 1.57 bits per heavy atom. The van der Waals surface area contributed by atoms with Crippen LogP contribution < -0.4 is 24.3 Å². The van der Waals surface area contributed by atoms with E-state index in [1.807, 2.05) is 30.3 Å². The topological polar surface area (TPSA) is 133 Å². The predicted octanol–water partition coefficient (Wildman–Crippen LogP) is 3.31. The van der Waals surface area contributed by atoms with Gasteiger partial charge in [-0.2, -0.15) is 0 Å². The Bertz CT molecular complexity index is 1180. The average molecular weight is 623 g/mol. The maximum Gasteiger partial charge on any atom is 0.238 e. The van der Waals surface area contributed by atoms with Crippen molar-refractivity contribution in [2.45, 2.75) is 6.54 Å². The van der Waals surface area contributed by atoms with Crippen molar-refractivity contribution in [2.24, 2.45) is 0 Å². The molecule has 0 bridgehead atoms. The Labute approximate surface area is 253 Å². The molecule has 0 spiro atoms. The van der Waals surface area contributed by atoms with Crippen LogP contribution >= 0.6 is 37.2 Å². The molecule has 14 heteroatoms. The fourth-order valence-electron chi connectivity index (χ4n) is 4.40. The number of nitrogens with zero attached hydrogens (tertiary/aromatic N) is 3. The minimum absolute atomic E-state index is 0. The van der Waals surface area contributed by atoms with Crippen LogP contribution in [0.5, 0.6) is 23.0 Å². The minimum Gasteiger partial charge on any atom is -0.497 e. The highest BCUT2D eigenvalue weighted by Crippen LogP contribution is 2.40. The first kappa shape index (κ1) is 37.1. The van der Waals surface area contributed by atoms with Gasteiger partial charge in [-0.25, -0.2) is 4.98 Å². The molecule has 40 heavy (non-hydrogen) atoms. The molecule has 4 rings (SSSR count). The number of H-pyrrole nitrogens is 1. The van der Waals surface area contributed by atoms with Crippen LogP contribution in [0.3, 0.4) is 0 Å². The Morgan fingerprint density at radius 3 is 2.15 bits per heavy atom. The molecule has 1 aliphatic heterocycles. The van der Waals surface area contributed by atoms with Gasteiger partial charge in [-0.15, -0.1) is 37.2 Å². The molecule has 0 aliphatic carbocycles. The van der Waals surface area contributed by atoms with Crippen molar-refractivity contribution in [3.63, 3.8) is 0 Å². The van der Waals surface area contributed by atoms with Gasteiger partial charge in [0.25, 0.3) is 0 Å². The fraction of sp³-hybridized carbons (Fsp3) is 0.385. The number of amides is 1. The third kappa shape index (κ3) is 8.79. The zero-order valence-electron chi connectivity index (χ0n) is 22.9. The summed E-state index contributed by atoms with van der Waals surface area (Å²) in [5.41, 5.74) is 2.50. The van der Waals surface area contributed by atoms with E-state index < -0.39 is 0 Å². The normalized spacial score (nSPS) is 12.9. The number of methoxy groups -OCH3 is 4. The van der Waals surface area contributed by atoms with Gasteiger partial charge in [0.2, 0.25) is 11.7 Å². The lowest BCUT2D eigenvalue weighted by atomic mass is 10.1. The lowest BCUT2D eigenvalue weighted by Crippen LogP contribution is -2.48. The summed E-state index contributed by atoms with van der Waals surface area (Å²) in [4.78, 5) is 24.8. The van der Waals surface area contributed by atoms with E-state index in [1.54, 1.807) is 40.8 Å². The molecule has 0 unspecified atom stereocenters. The SMILES string of the molecule is COc1ccc(-c2ncc[nH]2)c(NC(=O)CN2CCN(Cc3ccc(OC)c(OC)c3OC)CC2)c1.Cl.Cl.Cl.O. The molecule has 0 saturated carbocycles. The molecule has 1 aromatic heterocycles. The number of rotatable bonds is 10. The number of hydrogen-bond acceptors (Lipinski definition) is 8. The Morgan fingerprint density at radius 1 is 0.900 bits per heavy atom. The Kier molecular flexibility index (Phi) is 16.4. The van der Waals surface area contributed by atoms with Gasteiger partial charge in [0, 0.05) is 62.3 Å². The highest BCUT2D eigenvalue weighted by Gasteiger charge is 2.23. The number of piperazine rings is 1. The van der Waals surface area contributed by atoms with Crippen molar-refractivity contribution >= 4 is 48.8 Å². The molecule has 1 fully saturated rings. The van der Waals surface area contributed by atoms with Crippen molar-refractivity contribution in [1.29, 1.82) is 0 Å². The number of halogens is 3. The highest BCUT2D eigenvalue weighted by molar-refractivity contribution is 5.96. The molecule has 2 heterocycles. The van der Waals surface area contributed by atoms with Crippen LogP contribution in [0.1, 0.15) is 5.56 Å². The van der Waals surface area contributed by atoms with Gasteiger partial charge in [-0.05, 0) is 18.2 Å². The number of carbonyl (C=O) groups excluding carboxylic acids is 1. The van der Waals surface area contributed by atoms with Crippen LogP contribution in [-0.2, 0) is 11.3 Å². The number of aromatic amines is 1. The van der Waals surface area contributed by atoms with E-state index in [-0.39, 0.29) is 48.6 Å². The number of anilines is 1. The van der Waals surface area contributed by atoms with Crippen LogP contribution in [-0.4, -0.2) is 92.3 Å². The van der Waals surface area contributed by atoms with Crippen LogP contribution in [0.25, 0.3) is 11.4 Å². The smallest absolute Gasteiger partial charge is 0.238 e. The first-order valence-corrected chi connectivity index (χ1v) is 11.8. The predicted molar refractivity (Wildman–Crippen MR) is 162 cm³/mol. The van der Waals surface area contributed by atoms with Gasteiger partial charge in [0.15, 0.2) is 11.5 Å². The molecule has 3 aromatic rings. The second kappa shape index (κ2) is 17.7. The number of hydrogen-bond donors (Lipinski definition) is 2. The van der Waals surface area contributed by atoms with Gasteiger partial charge in [0.05, 0.1) is 40.7 Å². The minimum atomic E-state index is -0.0777. The molecule has 4 N–H and O–H groups in total. The number of benzene rings is 2. The van der Waals surface area contributed by atoms with E-state index in [9.17, 15) is 4.79 Å². The maximum atomic E-state index is 12.9. The molecule has 1 amide bonds. The van der Waals surface area contributed by atoms with Gasteiger partial charge in [-0.3, -0.25) is 14.6 Å². The molecule has 1 aliphatic rings. The van der Waals surface area contributed by atoms with E-state index in [1.165, 1.54) is 0 Å². The number of nitrogens with one attached hydrogen (secondary N) is 2. The zero-order valence-corrected chi connectivity index (χ0v) is 25.3. The number of imidazole rings is 1. The fourth-order valence-corrected chi connectivity index (χ4v) is 4.40. The maximum absolute atomic E-state index is 12.9. The van der Waals surface area contributed by atoms with E-state index in [0.717, 1.165) is 43.9 Å². The van der Waals surface area contributed by atoms with E-state index in [4.69, 9.17) is 18.9 Å². The molecule has 0 atom stereocenters. The third-order valence-corrected chi connectivity index (χ3v) is 6.27. The lowest BCUT2D eigenvalue weighted by Gasteiger charge is -2.34. The van der Waals surface area contributed by atoms with E-state index in [0.29, 0.717) is 41.1 Å².